The second-order valence-corrected chi connectivity index (χ2v) is 5.87. The number of nitro benzene ring substituents is 1. The van der Waals surface area contributed by atoms with E-state index in [4.69, 9.17) is 0 Å². The SMILES string of the molecule is O=[N+]([O-])c1cc(Br)ccc1CN1CCCC(CO)C1. The largest absolute Gasteiger partial charge is 0.396 e. The van der Waals surface area contributed by atoms with E-state index in [1.54, 1.807) is 12.1 Å². The maximum atomic E-state index is 11.1. The van der Waals surface area contributed by atoms with E-state index in [-0.39, 0.29) is 17.2 Å². The van der Waals surface area contributed by atoms with Gasteiger partial charge in [0.15, 0.2) is 0 Å². The van der Waals surface area contributed by atoms with Crippen LogP contribution in [0.25, 0.3) is 0 Å². The smallest absolute Gasteiger partial charge is 0.275 e. The van der Waals surface area contributed by atoms with Gasteiger partial charge in [-0.3, -0.25) is 15.0 Å². The lowest BCUT2D eigenvalue weighted by Crippen LogP contribution is -2.36. The van der Waals surface area contributed by atoms with Crippen molar-refractivity contribution in [1.82, 2.24) is 4.90 Å². The zero-order chi connectivity index (χ0) is 13.8. The number of likely N-dealkylation sites (tertiary alicyclic amines) is 1. The minimum Gasteiger partial charge on any atom is -0.396 e. The minimum absolute atomic E-state index is 0.153. The summed E-state index contributed by atoms with van der Waals surface area (Å²) in [5.74, 6) is 0.295. The summed E-state index contributed by atoms with van der Waals surface area (Å²) >= 11 is 3.26. The molecule has 1 heterocycles. The van der Waals surface area contributed by atoms with E-state index in [0.29, 0.717) is 12.5 Å². The zero-order valence-electron chi connectivity index (χ0n) is 10.6. The average Bonchev–Trinajstić information content (AvgIpc) is 2.41. The maximum Gasteiger partial charge on any atom is 0.275 e. The Morgan fingerprint density at radius 2 is 2.32 bits per heavy atom. The molecule has 0 amide bonds. The summed E-state index contributed by atoms with van der Waals surface area (Å²) in [5, 5.41) is 20.3. The van der Waals surface area contributed by atoms with Gasteiger partial charge in [0.25, 0.3) is 5.69 Å². The molecule has 0 radical (unpaired) electrons. The molecule has 1 unspecified atom stereocenters. The van der Waals surface area contributed by atoms with Crippen LogP contribution < -0.4 is 0 Å². The van der Waals surface area contributed by atoms with Crippen molar-refractivity contribution in [3.05, 3.63) is 38.3 Å². The van der Waals surface area contributed by atoms with Crippen LogP contribution in [0.3, 0.4) is 0 Å². The molecule has 0 aliphatic carbocycles. The molecule has 1 aliphatic rings. The van der Waals surface area contributed by atoms with E-state index < -0.39 is 0 Å². The molecule has 2 rings (SSSR count). The lowest BCUT2D eigenvalue weighted by atomic mass is 9.98. The first-order chi connectivity index (χ1) is 9.10. The molecule has 1 aromatic carbocycles. The third kappa shape index (κ3) is 3.75. The normalized spacial score (nSPS) is 20.4. The fraction of sp³-hybridized carbons (Fsp3) is 0.538. The molecule has 1 aliphatic heterocycles. The van der Waals surface area contributed by atoms with Crippen molar-refractivity contribution in [2.75, 3.05) is 19.7 Å². The molecule has 1 N–H and O–H groups in total. The number of hydrogen-bond acceptors (Lipinski definition) is 4. The fourth-order valence-corrected chi connectivity index (χ4v) is 2.87. The van der Waals surface area contributed by atoms with Crippen LogP contribution in [-0.4, -0.2) is 34.6 Å². The van der Waals surface area contributed by atoms with Gasteiger partial charge in [0.05, 0.1) is 4.92 Å². The first-order valence-electron chi connectivity index (χ1n) is 6.36. The number of rotatable bonds is 4. The summed E-state index contributed by atoms with van der Waals surface area (Å²) in [7, 11) is 0. The van der Waals surface area contributed by atoms with Gasteiger partial charge in [-0.2, -0.15) is 0 Å². The van der Waals surface area contributed by atoms with Crippen LogP contribution in [0.5, 0.6) is 0 Å². The second-order valence-electron chi connectivity index (χ2n) is 4.96. The van der Waals surface area contributed by atoms with Crippen LogP contribution in [0.15, 0.2) is 22.7 Å². The van der Waals surface area contributed by atoms with Crippen molar-refractivity contribution in [1.29, 1.82) is 0 Å². The Kier molecular flexibility index (Phi) is 4.90. The molecule has 0 spiro atoms. The Labute approximate surface area is 120 Å². The molecule has 1 fully saturated rings. The highest BCUT2D eigenvalue weighted by Crippen LogP contribution is 2.26. The standard InChI is InChI=1S/C13H17BrN2O3/c14-12-4-3-11(13(6-12)16(18)19)8-15-5-1-2-10(7-15)9-17/h3-4,6,10,17H,1-2,5,7-9H2. The molecular weight excluding hydrogens is 312 g/mol. The Hall–Kier alpha value is -0.980. The number of aliphatic hydroxyl groups excluding tert-OH is 1. The van der Waals surface area contributed by atoms with Gasteiger partial charge in [-0.15, -0.1) is 0 Å². The molecular formula is C13H17BrN2O3. The van der Waals surface area contributed by atoms with Gasteiger partial charge in [-0.1, -0.05) is 15.9 Å². The summed E-state index contributed by atoms with van der Waals surface area (Å²) in [4.78, 5) is 12.9. The van der Waals surface area contributed by atoms with Crippen LogP contribution in [0, 0.1) is 16.0 Å². The summed E-state index contributed by atoms with van der Waals surface area (Å²) in [5.41, 5.74) is 0.882. The summed E-state index contributed by atoms with van der Waals surface area (Å²) in [6.07, 6.45) is 2.07. The Balaban J connectivity index is 2.12. The number of piperidine rings is 1. The predicted molar refractivity (Wildman–Crippen MR) is 75.9 cm³/mol. The molecule has 6 heteroatoms. The van der Waals surface area contributed by atoms with Crippen molar-refractivity contribution in [3.8, 4) is 0 Å². The topological polar surface area (TPSA) is 66.6 Å². The van der Waals surface area contributed by atoms with Crippen LogP contribution in [0.4, 0.5) is 5.69 Å². The number of benzene rings is 1. The number of nitrogens with zero attached hydrogens (tertiary/aromatic N) is 2. The van der Waals surface area contributed by atoms with Crippen LogP contribution in [0.2, 0.25) is 0 Å². The van der Waals surface area contributed by atoms with Crippen molar-refractivity contribution >= 4 is 21.6 Å². The molecule has 19 heavy (non-hydrogen) atoms. The van der Waals surface area contributed by atoms with E-state index in [2.05, 4.69) is 20.8 Å². The summed E-state index contributed by atoms with van der Waals surface area (Å²) < 4.78 is 0.717. The van der Waals surface area contributed by atoms with E-state index in [9.17, 15) is 15.2 Å². The Morgan fingerprint density at radius 1 is 1.53 bits per heavy atom. The fourth-order valence-electron chi connectivity index (χ4n) is 2.53. The van der Waals surface area contributed by atoms with E-state index >= 15 is 0 Å². The van der Waals surface area contributed by atoms with Gasteiger partial charge < -0.3 is 5.11 Å². The highest BCUT2D eigenvalue weighted by Gasteiger charge is 2.22. The van der Waals surface area contributed by atoms with Crippen LogP contribution >= 0.6 is 15.9 Å². The van der Waals surface area contributed by atoms with Crippen molar-refractivity contribution in [2.45, 2.75) is 19.4 Å². The highest BCUT2D eigenvalue weighted by molar-refractivity contribution is 9.10. The average molecular weight is 329 g/mol. The van der Waals surface area contributed by atoms with Gasteiger partial charge in [-0.25, -0.2) is 0 Å². The third-order valence-corrected chi connectivity index (χ3v) is 3.99. The summed E-state index contributed by atoms with van der Waals surface area (Å²) in [6, 6.07) is 5.17. The number of aliphatic hydroxyl groups is 1. The number of halogens is 1. The van der Waals surface area contributed by atoms with Gasteiger partial charge in [0, 0.05) is 35.8 Å². The highest BCUT2D eigenvalue weighted by atomic mass is 79.9. The van der Waals surface area contributed by atoms with Gasteiger partial charge in [0.2, 0.25) is 0 Å². The van der Waals surface area contributed by atoms with E-state index in [0.717, 1.165) is 36.0 Å². The monoisotopic (exact) mass is 328 g/mol. The zero-order valence-corrected chi connectivity index (χ0v) is 12.2. The molecule has 0 saturated carbocycles. The summed E-state index contributed by atoms with van der Waals surface area (Å²) in [6.45, 7) is 2.51. The molecule has 0 bridgehead atoms. The molecule has 1 aromatic rings. The second kappa shape index (κ2) is 6.45. The maximum absolute atomic E-state index is 11.1. The van der Waals surface area contributed by atoms with Gasteiger partial charge in [0.1, 0.15) is 0 Å². The molecule has 1 saturated heterocycles. The van der Waals surface area contributed by atoms with Gasteiger partial charge in [-0.05, 0) is 37.4 Å². The van der Waals surface area contributed by atoms with E-state index in [1.807, 2.05) is 6.07 Å². The first-order valence-corrected chi connectivity index (χ1v) is 7.15. The predicted octanol–water partition coefficient (Wildman–Crippen LogP) is 2.56. The molecule has 104 valence electrons. The number of hydrogen-bond donors (Lipinski definition) is 1. The number of nitro groups is 1. The van der Waals surface area contributed by atoms with Crippen LogP contribution in [0.1, 0.15) is 18.4 Å². The van der Waals surface area contributed by atoms with Crippen molar-refractivity contribution < 1.29 is 10.0 Å². The Morgan fingerprint density at radius 3 is 3.00 bits per heavy atom. The molecule has 5 nitrogen and oxygen atoms in total. The van der Waals surface area contributed by atoms with Gasteiger partial charge >= 0.3 is 0 Å². The molecule has 0 aromatic heterocycles. The third-order valence-electron chi connectivity index (χ3n) is 3.50. The van der Waals surface area contributed by atoms with Crippen molar-refractivity contribution in [3.63, 3.8) is 0 Å². The Bertz CT molecular complexity index is 467. The van der Waals surface area contributed by atoms with E-state index in [1.165, 1.54) is 0 Å². The lowest BCUT2D eigenvalue weighted by molar-refractivity contribution is -0.385. The molecule has 1 atom stereocenters. The minimum atomic E-state index is -0.340. The first kappa shape index (κ1) is 14.4. The van der Waals surface area contributed by atoms with Crippen LogP contribution in [-0.2, 0) is 6.54 Å². The lowest BCUT2D eigenvalue weighted by Gasteiger charge is -2.31. The van der Waals surface area contributed by atoms with Crippen molar-refractivity contribution in [2.24, 2.45) is 5.92 Å². The quantitative estimate of drug-likeness (QED) is 0.681.